The van der Waals surface area contributed by atoms with Gasteiger partial charge in [0, 0.05) is 26.3 Å². The molecule has 1 aliphatic heterocycles. The summed E-state index contributed by atoms with van der Waals surface area (Å²) in [5, 5.41) is 10.0. The van der Waals surface area contributed by atoms with Crippen molar-refractivity contribution in [3.63, 3.8) is 0 Å². The number of hydrogen-bond donors (Lipinski definition) is 1. The van der Waals surface area contributed by atoms with Crippen LogP contribution in [-0.4, -0.2) is 43.4 Å². The molecule has 0 aromatic heterocycles. The quantitative estimate of drug-likeness (QED) is 0.901. The third kappa shape index (κ3) is 3.98. The minimum atomic E-state index is -1.15. The van der Waals surface area contributed by atoms with Crippen LogP contribution in [0, 0.1) is 17.6 Å². The zero-order valence-electron chi connectivity index (χ0n) is 11.7. The first-order valence-corrected chi connectivity index (χ1v) is 6.96. The van der Waals surface area contributed by atoms with Crippen molar-refractivity contribution >= 4 is 0 Å². The first-order valence-electron chi connectivity index (χ1n) is 6.96. The predicted molar refractivity (Wildman–Crippen MR) is 72.4 cm³/mol. The summed E-state index contributed by atoms with van der Waals surface area (Å²) in [6.07, 6.45) is 0.837. The third-order valence-electron chi connectivity index (χ3n) is 3.73. The van der Waals surface area contributed by atoms with Gasteiger partial charge in [0.05, 0.1) is 11.7 Å². The van der Waals surface area contributed by atoms with Crippen molar-refractivity contribution in [2.75, 3.05) is 33.4 Å². The second-order valence-electron chi connectivity index (χ2n) is 5.43. The van der Waals surface area contributed by atoms with Gasteiger partial charge in [0.1, 0.15) is 11.6 Å². The monoisotopic (exact) mass is 285 g/mol. The number of likely N-dealkylation sites (N-methyl/N-ethyl adjacent to an activating group) is 1. The highest BCUT2D eigenvalue weighted by Gasteiger charge is 2.21. The Balaban J connectivity index is 1.91. The molecule has 0 aliphatic carbocycles. The average Bonchev–Trinajstić information content (AvgIpc) is 2.39. The highest BCUT2D eigenvalue weighted by Crippen LogP contribution is 2.22. The molecular weight excluding hydrogens is 264 g/mol. The number of nitrogens with zero attached hydrogens (tertiary/aromatic N) is 1. The summed E-state index contributed by atoms with van der Waals surface area (Å²) in [6, 6.07) is 3.63. The summed E-state index contributed by atoms with van der Waals surface area (Å²) < 4.78 is 32.4. The van der Waals surface area contributed by atoms with E-state index in [4.69, 9.17) is 4.74 Å². The van der Waals surface area contributed by atoms with E-state index in [0.29, 0.717) is 5.92 Å². The number of aliphatic hydroxyl groups is 1. The molecule has 20 heavy (non-hydrogen) atoms. The minimum Gasteiger partial charge on any atom is -0.387 e. The topological polar surface area (TPSA) is 32.7 Å². The molecule has 1 N–H and O–H groups in total. The van der Waals surface area contributed by atoms with Crippen molar-refractivity contribution in [2.45, 2.75) is 18.9 Å². The Bertz CT molecular complexity index is 416. The first kappa shape index (κ1) is 15.4. The van der Waals surface area contributed by atoms with Gasteiger partial charge in [-0.2, -0.15) is 0 Å². The van der Waals surface area contributed by atoms with Crippen molar-refractivity contribution in [1.82, 2.24) is 4.90 Å². The van der Waals surface area contributed by atoms with E-state index < -0.39 is 17.7 Å². The Kier molecular flexibility index (Phi) is 5.46. The second-order valence-corrected chi connectivity index (χ2v) is 5.43. The lowest BCUT2D eigenvalue weighted by Crippen LogP contribution is -2.33. The van der Waals surface area contributed by atoms with Crippen molar-refractivity contribution in [2.24, 2.45) is 5.92 Å². The largest absolute Gasteiger partial charge is 0.387 e. The number of benzene rings is 1. The van der Waals surface area contributed by atoms with Crippen LogP contribution >= 0.6 is 0 Å². The van der Waals surface area contributed by atoms with Crippen LogP contribution in [-0.2, 0) is 4.74 Å². The Labute approximate surface area is 118 Å². The van der Waals surface area contributed by atoms with E-state index in [0.717, 1.165) is 32.6 Å². The number of aliphatic hydroxyl groups excluding tert-OH is 1. The van der Waals surface area contributed by atoms with Gasteiger partial charge in [-0.05, 0) is 37.9 Å². The van der Waals surface area contributed by atoms with Crippen molar-refractivity contribution in [3.05, 3.63) is 35.4 Å². The number of ether oxygens (including phenoxy) is 1. The zero-order valence-corrected chi connectivity index (χ0v) is 11.7. The van der Waals surface area contributed by atoms with Crippen molar-refractivity contribution in [3.8, 4) is 0 Å². The smallest absolute Gasteiger partial charge is 0.131 e. The van der Waals surface area contributed by atoms with Crippen molar-refractivity contribution in [1.29, 1.82) is 0 Å². The van der Waals surface area contributed by atoms with Crippen LogP contribution in [0.25, 0.3) is 0 Å². The molecule has 0 saturated carbocycles. The van der Waals surface area contributed by atoms with E-state index >= 15 is 0 Å². The maximum atomic E-state index is 13.6. The Hall–Kier alpha value is -1.04. The molecule has 0 amide bonds. The molecule has 112 valence electrons. The SMILES string of the molecule is CN(CC1CCOCC1)CC(O)c1c(F)cccc1F. The molecule has 1 fully saturated rings. The van der Waals surface area contributed by atoms with Crippen LogP contribution in [0.2, 0.25) is 0 Å². The fraction of sp³-hybridized carbons (Fsp3) is 0.600. The lowest BCUT2D eigenvalue weighted by molar-refractivity contribution is 0.0470. The van der Waals surface area contributed by atoms with Crippen LogP contribution in [0.1, 0.15) is 24.5 Å². The fourth-order valence-electron chi connectivity index (χ4n) is 2.66. The van der Waals surface area contributed by atoms with Gasteiger partial charge in [0.15, 0.2) is 0 Å². The molecule has 5 heteroatoms. The van der Waals surface area contributed by atoms with Gasteiger partial charge in [-0.25, -0.2) is 8.78 Å². The van der Waals surface area contributed by atoms with E-state index in [2.05, 4.69) is 0 Å². The molecule has 0 spiro atoms. The summed E-state index contributed by atoms with van der Waals surface area (Å²) in [4.78, 5) is 1.92. The predicted octanol–water partition coefficient (Wildman–Crippen LogP) is 2.36. The van der Waals surface area contributed by atoms with Gasteiger partial charge < -0.3 is 14.7 Å². The van der Waals surface area contributed by atoms with Gasteiger partial charge in [0.25, 0.3) is 0 Å². The number of hydrogen-bond acceptors (Lipinski definition) is 3. The lowest BCUT2D eigenvalue weighted by Gasteiger charge is -2.28. The van der Waals surface area contributed by atoms with Crippen LogP contribution in [0.15, 0.2) is 18.2 Å². The van der Waals surface area contributed by atoms with Crippen LogP contribution in [0.3, 0.4) is 0 Å². The molecule has 0 bridgehead atoms. The van der Waals surface area contributed by atoms with Gasteiger partial charge in [-0.15, -0.1) is 0 Å². The fourth-order valence-corrected chi connectivity index (χ4v) is 2.66. The average molecular weight is 285 g/mol. The van der Waals surface area contributed by atoms with E-state index in [9.17, 15) is 13.9 Å². The minimum absolute atomic E-state index is 0.217. The summed E-state index contributed by atoms with van der Waals surface area (Å²) in [5.41, 5.74) is -0.244. The lowest BCUT2D eigenvalue weighted by atomic mass is 9.99. The molecule has 1 heterocycles. The molecule has 1 aliphatic rings. The molecule has 3 nitrogen and oxygen atoms in total. The number of halogens is 2. The molecule has 0 radical (unpaired) electrons. The van der Waals surface area contributed by atoms with Gasteiger partial charge >= 0.3 is 0 Å². The van der Waals surface area contributed by atoms with E-state index in [1.165, 1.54) is 18.2 Å². The standard InChI is InChI=1S/C15H21F2NO2/c1-18(9-11-5-7-20-8-6-11)10-14(19)15-12(16)3-2-4-13(15)17/h2-4,11,14,19H,5-10H2,1H3. The van der Waals surface area contributed by atoms with Gasteiger partial charge in [0.2, 0.25) is 0 Å². The van der Waals surface area contributed by atoms with Crippen molar-refractivity contribution < 1.29 is 18.6 Å². The van der Waals surface area contributed by atoms with Crippen LogP contribution in [0.5, 0.6) is 0 Å². The first-order chi connectivity index (χ1) is 9.58. The maximum absolute atomic E-state index is 13.6. The van der Waals surface area contributed by atoms with Crippen LogP contribution < -0.4 is 0 Å². The molecule has 1 aromatic rings. The molecule has 1 unspecified atom stereocenters. The zero-order chi connectivity index (χ0) is 14.5. The molecule has 1 atom stereocenters. The molecule has 2 rings (SSSR count). The molecule has 1 saturated heterocycles. The third-order valence-corrected chi connectivity index (χ3v) is 3.73. The summed E-state index contributed by atoms with van der Waals surface area (Å²) >= 11 is 0. The van der Waals surface area contributed by atoms with E-state index in [1.54, 1.807) is 0 Å². The number of rotatable bonds is 5. The Morgan fingerprint density at radius 1 is 1.30 bits per heavy atom. The van der Waals surface area contributed by atoms with Gasteiger partial charge in [-0.1, -0.05) is 6.07 Å². The summed E-state index contributed by atoms with van der Waals surface area (Å²) in [5.74, 6) is -0.875. The second kappa shape index (κ2) is 7.11. The summed E-state index contributed by atoms with van der Waals surface area (Å²) in [6.45, 7) is 2.55. The highest BCUT2D eigenvalue weighted by atomic mass is 19.1. The van der Waals surface area contributed by atoms with E-state index in [-0.39, 0.29) is 12.1 Å². The highest BCUT2D eigenvalue weighted by molar-refractivity contribution is 5.22. The van der Waals surface area contributed by atoms with Crippen LogP contribution in [0.4, 0.5) is 8.78 Å². The molecular formula is C15H21F2NO2. The Morgan fingerprint density at radius 3 is 2.50 bits per heavy atom. The van der Waals surface area contributed by atoms with E-state index in [1.807, 2.05) is 11.9 Å². The van der Waals surface area contributed by atoms with Gasteiger partial charge in [-0.3, -0.25) is 0 Å². The summed E-state index contributed by atoms with van der Waals surface area (Å²) in [7, 11) is 1.86. The maximum Gasteiger partial charge on any atom is 0.131 e. The normalized spacial score (nSPS) is 18.4. The Morgan fingerprint density at radius 2 is 1.90 bits per heavy atom. The molecule has 1 aromatic carbocycles.